The molecule has 1 amide bonds. The lowest BCUT2D eigenvalue weighted by Crippen LogP contribution is -2.31. The highest BCUT2D eigenvalue weighted by Crippen LogP contribution is 2.47. The quantitative estimate of drug-likeness (QED) is 0.934. The number of thiophene rings is 1. The van der Waals surface area contributed by atoms with Gasteiger partial charge in [0.15, 0.2) is 0 Å². The van der Waals surface area contributed by atoms with E-state index in [2.05, 4.69) is 10.8 Å². The van der Waals surface area contributed by atoms with E-state index in [4.69, 9.17) is 0 Å². The highest BCUT2D eigenvalue weighted by molar-refractivity contribution is 7.92. The average Bonchev–Trinajstić information content (AvgIpc) is 3.13. The van der Waals surface area contributed by atoms with Gasteiger partial charge in [0, 0.05) is 10.8 Å². The van der Waals surface area contributed by atoms with E-state index >= 15 is 0 Å². The second kappa shape index (κ2) is 5.52. The van der Waals surface area contributed by atoms with Gasteiger partial charge in [-0.25, -0.2) is 13.1 Å². The Morgan fingerprint density at radius 1 is 1.23 bits per heavy atom. The van der Waals surface area contributed by atoms with Crippen molar-refractivity contribution in [3.63, 3.8) is 0 Å². The summed E-state index contributed by atoms with van der Waals surface area (Å²) in [6.45, 7) is 3.84. The van der Waals surface area contributed by atoms with Crippen LogP contribution in [0.15, 0.2) is 40.6 Å². The summed E-state index contributed by atoms with van der Waals surface area (Å²) in [7, 11) is -3.74. The maximum Gasteiger partial charge on any atom is 0.273 e. The molecule has 2 atom stereocenters. The summed E-state index contributed by atoms with van der Waals surface area (Å²) in [5, 5.41) is 0. The van der Waals surface area contributed by atoms with Gasteiger partial charge in [0.2, 0.25) is 5.91 Å². The van der Waals surface area contributed by atoms with Crippen molar-refractivity contribution >= 4 is 27.3 Å². The van der Waals surface area contributed by atoms with Crippen LogP contribution in [0.3, 0.4) is 0 Å². The number of nitrogens with one attached hydrogen (secondary N) is 1. The number of amides is 1. The highest BCUT2D eigenvalue weighted by Gasteiger charge is 2.45. The first-order valence-corrected chi connectivity index (χ1v) is 9.36. The Morgan fingerprint density at radius 2 is 2.00 bits per heavy atom. The van der Waals surface area contributed by atoms with Crippen molar-refractivity contribution in [1.29, 1.82) is 0 Å². The summed E-state index contributed by atoms with van der Waals surface area (Å²) < 4.78 is 26.7. The summed E-state index contributed by atoms with van der Waals surface area (Å²) in [5.41, 5.74) is 2.25. The van der Waals surface area contributed by atoms with E-state index in [1.165, 1.54) is 17.4 Å². The minimum absolute atomic E-state index is 0.125. The second-order valence-corrected chi connectivity index (χ2v) is 8.89. The molecule has 0 unspecified atom stereocenters. The minimum atomic E-state index is -3.74. The molecule has 1 aromatic heterocycles. The lowest BCUT2D eigenvalue weighted by molar-refractivity contribution is -0.120. The molecule has 1 fully saturated rings. The zero-order valence-corrected chi connectivity index (χ0v) is 14.0. The fourth-order valence-corrected chi connectivity index (χ4v) is 4.88. The number of aryl methyl sites for hydroxylation is 2. The van der Waals surface area contributed by atoms with Crippen molar-refractivity contribution in [2.24, 2.45) is 5.92 Å². The Hall–Kier alpha value is -1.66. The fraction of sp³-hybridized carbons (Fsp3) is 0.312. The van der Waals surface area contributed by atoms with Gasteiger partial charge in [-0.15, -0.1) is 11.3 Å². The van der Waals surface area contributed by atoms with Crippen LogP contribution in [0.5, 0.6) is 0 Å². The molecule has 1 aliphatic carbocycles. The third kappa shape index (κ3) is 3.08. The van der Waals surface area contributed by atoms with E-state index in [0.29, 0.717) is 6.42 Å². The first kappa shape index (κ1) is 15.2. The van der Waals surface area contributed by atoms with Crippen LogP contribution >= 0.6 is 11.3 Å². The van der Waals surface area contributed by atoms with Crippen LogP contribution in [0.25, 0.3) is 0 Å². The van der Waals surface area contributed by atoms with Crippen LogP contribution in [-0.4, -0.2) is 14.3 Å². The Kier molecular flexibility index (Phi) is 3.82. The Bertz CT molecular complexity index is 823. The molecule has 1 saturated carbocycles. The van der Waals surface area contributed by atoms with E-state index in [1.54, 1.807) is 6.07 Å². The second-order valence-electron chi connectivity index (χ2n) is 5.70. The molecule has 6 heteroatoms. The lowest BCUT2D eigenvalue weighted by Gasteiger charge is -2.05. The van der Waals surface area contributed by atoms with Gasteiger partial charge in [-0.3, -0.25) is 4.79 Å². The Morgan fingerprint density at radius 3 is 2.64 bits per heavy atom. The summed E-state index contributed by atoms with van der Waals surface area (Å²) in [6.07, 6.45) is 0.703. The summed E-state index contributed by atoms with van der Waals surface area (Å²) in [4.78, 5) is 13.1. The van der Waals surface area contributed by atoms with Crippen LogP contribution in [0.1, 0.15) is 28.3 Å². The van der Waals surface area contributed by atoms with Crippen LogP contribution in [-0.2, 0) is 14.8 Å². The maximum atomic E-state index is 12.2. The molecule has 0 saturated heterocycles. The number of hydrogen-bond donors (Lipinski definition) is 1. The average molecular weight is 335 g/mol. The number of hydrogen-bond acceptors (Lipinski definition) is 4. The van der Waals surface area contributed by atoms with E-state index in [0.717, 1.165) is 16.0 Å². The summed E-state index contributed by atoms with van der Waals surface area (Å²) >= 11 is 1.17. The fourth-order valence-electron chi connectivity index (χ4n) is 2.57. The van der Waals surface area contributed by atoms with Gasteiger partial charge in [0.05, 0.1) is 0 Å². The topological polar surface area (TPSA) is 63.2 Å². The zero-order valence-electron chi connectivity index (χ0n) is 12.4. The van der Waals surface area contributed by atoms with E-state index in [-0.39, 0.29) is 16.0 Å². The minimum Gasteiger partial charge on any atom is -0.274 e. The van der Waals surface area contributed by atoms with E-state index < -0.39 is 15.9 Å². The van der Waals surface area contributed by atoms with Gasteiger partial charge >= 0.3 is 0 Å². The van der Waals surface area contributed by atoms with Crippen molar-refractivity contribution < 1.29 is 13.2 Å². The maximum absolute atomic E-state index is 12.2. The largest absolute Gasteiger partial charge is 0.274 e. The molecule has 1 aromatic carbocycles. The van der Waals surface area contributed by atoms with Crippen molar-refractivity contribution in [3.8, 4) is 0 Å². The van der Waals surface area contributed by atoms with Gasteiger partial charge < -0.3 is 0 Å². The molecule has 0 spiro atoms. The zero-order chi connectivity index (χ0) is 15.9. The van der Waals surface area contributed by atoms with Gasteiger partial charge in [0.1, 0.15) is 4.21 Å². The van der Waals surface area contributed by atoms with E-state index in [9.17, 15) is 13.2 Å². The number of benzene rings is 1. The molecular weight excluding hydrogens is 318 g/mol. The molecule has 1 N–H and O–H groups in total. The molecule has 3 rings (SSSR count). The molecular formula is C16H17NO3S2. The number of sulfonamides is 1. The van der Waals surface area contributed by atoms with Crippen LogP contribution in [0.2, 0.25) is 0 Å². The molecule has 0 aliphatic heterocycles. The van der Waals surface area contributed by atoms with Gasteiger partial charge in [-0.1, -0.05) is 29.8 Å². The van der Waals surface area contributed by atoms with Gasteiger partial charge in [0.25, 0.3) is 10.0 Å². The van der Waals surface area contributed by atoms with Crippen molar-refractivity contribution in [1.82, 2.24) is 4.72 Å². The van der Waals surface area contributed by atoms with Crippen LogP contribution < -0.4 is 4.72 Å². The standard InChI is InChI=1S/C16H17NO3S2/c1-10-4-3-5-12(8-10)13-9-14(13)16(18)17-22(19,20)15-7-6-11(2)21-15/h3-8,13-14H,9H2,1-2H3,(H,17,18)/t13-,14+/m0/s1. The Labute approximate surface area is 134 Å². The summed E-state index contributed by atoms with van der Waals surface area (Å²) in [6, 6.07) is 11.3. The molecule has 1 heterocycles. The number of rotatable bonds is 4. The first-order valence-electron chi connectivity index (χ1n) is 7.06. The lowest BCUT2D eigenvalue weighted by atomic mass is 10.1. The Balaban J connectivity index is 1.69. The van der Waals surface area contributed by atoms with Crippen molar-refractivity contribution in [2.45, 2.75) is 30.4 Å². The third-order valence-corrected chi connectivity index (χ3v) is 6.65. The molecule has 22 heavy (non-hydrogen) atoms. The molecule has 116 valence electrons. The molecule has 0 bridgehead atoms. The van der Waals surface area contributed by atoms with Gasteiger partial charge in [-0.05, 0) is 43.9 Å². The monoisotopic (exact) mass is 335 g/mol. The number of carbonyl (C=O) groups is 1. The van der Waals surface area contributed by atoms with Gasteiger partial charge in [-0.2, -0.15) is 0 Å². The highest BCUT2D eigenvalue weighted by atomic mass is 32.2. The predicted molar refractivity (Wildman–Crippen MR) is 86.4 cm³/mol. The SMILES string of the molecule is Cc1cccc([C@@H]2C[C@H]2C(=O)NS(=O)(=O)c2ccc(C)s2)c1. The smallest absolute Gasteiger partial charge is 0.273 e. The predicted octanol–water partition coefficient (Wildman–Crippen LogP) is 2.97. The molecule has 4 nitrogen and oxygen atoms in total. The normalized spacial score (nSPS) is 20.6. The molecule has 0 radical (unpaired) electrons. The van der Waals surface area contributed by atoms with Crippen LogP contribution in [0, 0.1) is 19.8 Å². The van der Waals surface area contributed by atoms with Crippen molar-refractivity contribution in [2.75, 3.05) is 0 Å². The molecule has 1 aliphatic rings. The number of carbonyl (C=O) groups excluding carboxylic acids is 1. The first-order chi connectivity index (χ1) is 10.4. The third-order valence-electron chi connectivity index (χ3n) is 3.81. The van der Waals surface area contributed by atoms with Crippen LogP contribution in [0.4, 0.5) is 0 Å². The van der Waals surface area contributed by atoms with Crippen molar-refractivity contribution in [3.05, 3.63) is 52.4 Å². The van der Waals surface area contributed by atoms with E-state index in [1.807, 2.05) is 32.0 Å². The molecule has 2 aromatic rings. The summed E-state index contributed by atoms with van der Waals surface area (Å²) in [5.74, 6) is -0.532.